The van der Waals surface area contributed by atoms with E-state index in [1.165, 1.54) is 13.8 Å². The molecule has 2 aliphatic rings. The number of carbonyl (C=O) groups excluding carboxylic acids is 1. The van der Waals surface area contributed by atoms with Crippen LogP contribution in [-0.2, 0) is 11.3 Å². The Labute approximate surface area is 176 Å². The van der Waals surface area contributed by atoms with Crippen molar-refractivity contribution in [2.24, 2.45) is 0 Å². The molecule has 30 heavy (non-hydrogen) atoms. The van der Waals surface area contributed by atoms with Crippen molar-refractivity contribution in [2.75, 3.05) is 31.1 Å². The van der Waals surface area contributed by atoms with Crippen LogP contribution in [0, 0.1) is 0 Å². The van der Waals surface area contributed by atoms with E-state index in [1.807, 2.05) is 6.07 Å². The van der Waals surface area contributed by atoms with Crippen LogP contribution in [0.25, 0.3) is 11.3 Å². The molecule has 0 spiro atoms. The van der Waals surface area contributed by atoms with Gasteiger partial charge in [0.05, 0.1) is 36.8 Å². The molecule has 4 heterocycles. The third kappa shape index (κ3) is 3.91. The van der Waals surface area contributed by atoms with Gasteiger partial charge in [0.25, 0.3) is 5.91 Å². The van der Waals surface area contributed by atoms with Crippen molar-refractivity contribution < 1.29 is 15.0 Å². The van der Waals surface area contributed by atoms with Gasteiger partial charge in [0.15, 0.2) is 0 Å². The molecule has 4 rings (SSSR count). The summed E-state index contributed by atoms with van der Waals surface area (Å²) in [6.45, 7) is 5.81. The molecule has 2 N–H and O–H groups in total. The van der Waals surface area contributed by atoms with E-state index in [2.05, 4.69) is 15.0 Å². The van der Waals surface area contributed by atoms with Gasteiger partial charge in [-0.3, -0.25) is 9.48 Å². The molecule has 9 heteroatoms. The zero-order valence-corrected chi connectivity index (χ0v) is 17.7. The van der Waals surface area contributed by atoms with E-state index in [-0.39, 0.29) is 18.6 Å². The molecule has 2 fully saturated rings. The number of rotatable bonds is 6. The smallest absolute Gasteiger partial charge is 0.254 e. The minimum atomic E-state index is -1.44. The van der Waals surface area contributed by atoms with Crippen LogP contribution in [0.2, 0.25) is 0 Å². The van der Waals surface area contributed by atoms with Crippen molar-refractivity contribution in [3.8, 4) is 11.3 Å². The Morgan fingerprint density at radius 3 is 2.70 bits per heavy atom. The predicted octanol–water partition coefficient (Wildman–Crippen LogP) is 1.37. The first-order valence-electron chi connectivity index (χ1n) is 10.7. The van der Waals surface area contributed by atoms with Crippen molar-refractivity contribution >= 4 is 11.9 Å². The number of anilines is 1. The van der Waals surface area contributed by atoms with Crippen LogP contribution in [0.5, 0.6) is 0 Å². The first-order valence-corrected chi connectivity index (χ1v) is 10.7. The lowest BCUT2D eigenvalue weighted by atomic mass is 10.0. The lowest BCUT2D eigenvalue weighted by Crippen LogP contribution is -2.45. The molecule has 0 unspecified atom stereocenters. The topological polar surface area (TPSA) is 108 Å². The molecule has 1 atom stereocenters. The zero-order valence-electron chi connectivity index (χ0n) is 17.7. The quantitative estimate of drug-likeness (QED) is 0.735. The molecule has 0 aromatic carbocycles. The molecule has 2 aromatic rings. The third-order valence-electron chi connectivity index (χ3n) is 5.85. The Balaban J connectivity index is 1.74. The van der Waals surface area contributed by atoms with E-state index in [4.69, 9.17) is 4.98 Å². The molecule has 2 aromatic heterocycles. The molecule has 0 radical (unpaired) electrons. The monoisotopic (exact) mass is 414 g/mol. The van der Waals surface area contributed by atoms with E-state index in [0.717, 1.165) is 55.7 Å². The number of hydrogen-bond acceptors (Lipinski definition) is 7. The second-order valence-electron chi connectivity index (χ2n) is 8.54. The van der Waals surface area contributed by atoms with Gasteiger partial charge in [-0.25, -0.2) is 9.97 Å². The van der Waals surface area contributed by atoms with Crippen LogP contribution >= 0.6 is 0 Å². The maximum atomic E-state index is 12.9. The molecule has 9 nitrogen and oxygen atoms in total. The fraction of sp³-hybridized carbons (Fsp3) is 0.619. The van der Waals surface area contributed by atoms with E-state index >= 15 is 0 Å². The minimum Gasteiger partial charge on any atom is -0.394 e. The Hall–Kier alpha value is -2.52. The van der Waals surface area contributed by atoms with Crippen molar-refractivity contribution in [1.29, 1.82) is 0 Å². The highest BCUT2D eigenvalue weighted by Crippen LogP contribution is 2.38. The van der Waals surface area contributed by atoms with Crippen LogP contribution in [0.3, 0.4) is 0 Å². The molecular formula is C21H30N6O3. The largest absolute Gasteiger partial charge is 0.394 e. The lowest BCUT2D eigenvalue weighted by molar-refractivity contribution is -0.149. The first-order chi connectivity index (χ1) is 14.4. The van der Waals surface area contributed by atoms with E-state index in [9.17, 15) is 15.0 Å². The molecule has 162 valence electrons. The maximum Gasteiger partial charge on any atom is 0.254 e. The maximum absolute atomic E-state index is 12.9. The number of aliphatic hydroxyl groups is 2. The highest BCUT2D eigenvalue weighted by molar-refractivity contribution is 5.85. The Morgan fingerprint density at radius 2 is 2.00 bits per heavy atom. The number of carbonyl (C=O) groups is 1. The van der Waals surface area contributed by atoms with Crippen molar-refractivity contribution in [3.63, 3.8) is 0 Å². The number of aliphatic hydroxyl groups excluding tert-OH is 1. The summed E-state index contributed by atoms with van der Waals surface area (Å²) in [5.41, 5.74) is 1.01. The molecule has 1 amide bonds. The average Bonchev–Trinajstić information content (AvgIpc) is 3.47. The SMILES string of the molecule is CC(C)(O)C(=O)N1CCC[C@@H]1c1c(-c2ccnc(N3CCCC3)n2)cnn1CCO. The van der Waals surface area contributed by atoms with Crippen molar-refractivity contribution in [1.82, 2.24) is 24.6 Å². The fourth-order valence-electron chi connectivity index (χ4n) is 4.43. The number of hydrogen-bond donors (Lipinski definition) is 2. The van der Waals surface area contributed by atoms with Gasteiger partial charge >= 0.3 is 0 Å². The lowest BCUT2D eigenvalue weighted by Gasteiger charge is -2.31. The van der Waals surface area contributed by atoms with Crippen molar-refractivity contribution in [3.05, 3.63) is 24.2 Å². The standard InChI is InChI=1S/C21H30N6O3/c1-21(2,30)19(29)26-11-5-6-17(26)18-15(14-23-27(18)12-13-28)16-7-8-22-20(24-16)25-9-3-4-10-25/h7-8,14,17,28,30H,3-6,9-13H2,1-2H3/t17-/m1/s1. The summed E-state index contributed by atoms with van der Waals surface area (Å²) < 4.78 is 1.76. The normalized spacial score (nSPS) is 19.7. The van der Waals surface area contributed by atoms with Gasteiger partial charge in [-0.05, 0) is 45.6 Å². The number of amides is 1. The summed E-state index contributed by atoms with van der Waals surface area (Å²) >= 11 is 0. The molecule has 0 saturated carbocycles. The van der Waals surface area contributed by atoms with Gasteiger partial charge < -0.3 is 20.0 Å². The summed E-state index contributed by atoms with van der Waals surface area (Å²) in [4.78, 5) is 26.0. The fourth-order valence-corrected chi connectivity index (χ4v) is 4.43. The van der Waals surface area contributed by atoms with Gasteiger partial charge in [0, 0.05) is 31.4 Å². The molecular weight excluding hydrogens is 384 g/mol. The Kier molecular flexibility index (Phi) is 5.75. The third-order valence-corrected chi connectivity index (χ3v) is 5.85. The van der Waals surface area contributed by atoms with Crippen LogP contribution in [0.4, 0.5) is 5.95 Å². The molecule has 2 saturated heterocycles. The predicted molar refractivity (Wildman–Crippen MR) is 112 cm³/mol. The summed E-state index contributed by atoms with van der Waals surface area (Å²) in [7, 11) is 0. The van der Waals surface area contributed by atoms with Gasteiger partial charge in [0.2, 0.25) is 5.95 Å². The van der Waals surface area contributed by atoms with Crippen LogP contribution in [0.15, 0.2) is 18.5 Å². The summed E-state index contributed by atoms with van der Waals surface area (Å²) in [5, 5.41) is 24.3. The van der Waals surface area contributed by atoms with Crippen LogP contribution in [-0.4, -0.2) is 72.6 Å². The second-order valence-corrected chi connectivity index (χ2v) is 8.54. The van der Waals surface area contributed by atoms with Crippen LogP contribution in [0.1, 0.15) is 51.3 Å². The van der Waals surface area contributed by atoms with Gasteiger partial charge in [-0.1, -0.05) is 0 Å². The summed E-state index contributed by atoms with van der Waals surface area (Å²) in [6, 6.07) is 1.64. The second kappa shape index (κ2) is 8.31. The highest BCUT2D eigenvalue weighted by atomic mass is 16.3. The van der Waals surface area contributed by atoms with E-state index < -0.39 is 5.60 Å². The summed E-state index contributed by atoms with van der Waals surface area (Å²) in [6.07, 6.45) is 7.42. The van der Waals surface area contributed by atoms with Gasteiger partial charge in [-0.2, -0.15) is 5.10 Å². The van der Waals surface area contributed by atoms with Crippen LogP contribution < -0.4 is 4.90 Å². The Bertz CT molecular complexity index is 900. The number of nitrogens with zero attached hydrogens (tertiary/aromatic N) is 6. The zero-order chi connectivity index (χ0) is 21.3. The summed E-state index contributed by atoms with van der Waals surface area (Å²) in [5.74, 6) is 0.412. The first kappa shape index (κ1) is 20.7. The number of aromatic nitrogens is 4. The van der Waals surface area contributed by atoms with Crippen molar-refractivity contribution in [2.45, 2.75) is 57.7 Å². The highest BCUT2D eigenvalue weighted by Gasteiger charge is 2.39. The average molecular weight is 415 g/mol. The number of likely N-dealkylation sites (tertiary alicyclic amines) is 1. The molecule has 0 aliphatic carbocycles. The minimum absolute atomic E-state index is 0.0525. The van der Waals surface area contributed by atoms with Gasteiger partial charge in [0.1, 0.15) is 5.60 Å². The van der Waals surface area contributed by atoms with E-state index in [0.29, 0.717) is 19.0 Å². The molecule has 2 aliphatic heterocycles. The molecule has 0 bridgehead atoms. The Morgan fingerprint density at radius 1 is 1.23 bits per heavy atom. The van der Waals surface area contributed by atoms with Gasteiger partial charge in [-0.15, -0.1) is 0 Å². The van der Waals surface area contributed by atoms with E-state index in [1.54, 1.807) is 22.0 Å².